The number of aliphatic hydroxyl groups is 1. The molecule has 1 fully saturated rings. The van der Waals surface area contributed by atoms with Crippen LogP contribution in [0.2, 0.25) is 0 Å². The first-order valence-corrected chi connectivity index (χ1v) is 6.49. The smallest absolute Gasteiger partial charge is 0.180 e. The Labute approximate surface area is 111 Å². The zero-order valence-electron chi connectivity index (χ0n) is 10.9. The van der Waals surface area contributed by atoms with E-state index in [9.17, 15) is 9.90 Å². The molecule has 0 amide bonds. The molecule has 4 heteroatoms. The van der Waals surface area contributed by atoms with Gasteiger partial charge in [0, 0.05) is 18.5 Å². The summed E-state index contributed by atoms with van der Waals surface area (Å²) in [5.41, 5.74) is 0.695. The number of fused-ring (bicyclic) bond motifs is 1. The molecule has 1 aliphatic heterocycles. The lowest BCUT2D eigenvalue weighted by Gasteiger charge is -2.17. The Bertz CT molecular complexity index is 615. The molecule has 1 N–H and O–H groups in total. The maximum Gasteiger partial charge on any atom is 0.180 e. The molecule has 0 bridgehead atoms. The van der Waals surface area contributed by atoms with Crippen LogP contribution in [0.3, 0.4) is 0 Å². The number of carbonyl (C=O) groups is 1. The number of Topliss-reactive ketones (excluding diaryl/α,β-unsaturated/α-hetero) is 1. The van der Waals surface area contributed by atoms with Gasteiger partial charge in [0.1, 0.15) is 11.8 Å². The molecule has 0 saturated carbocycles. The summed E-state index contributed by atoms with van der Waals surface area (Å²) in [6.45, 7) is 3.45. The molecular weight excluding hydrogens is 242 g/mol. The van der Waals surface area contributed by atoms with Crippen LogP contribution in [0.1, 0.15) is 23.7 Å². The SMILES string of the molecule is CC1(O)CCN(CC(=O)c2coc3ccccc23)C1. The van der Waals surface area contributed by atoms with Crippen LogP contribution in [0.15, 0.2) is 34.9 Å². The number of furan rings is 1. The summed E-state index contributed by atoms with van der Waals surface area (Å²) < 4.78 is 5.39. The number of benzene rings is 1. The van der Waals surface area contributed by atoms with Gasteiger partial charge in [0.15, 0.2) is 5.78 Å². The van der Waals surface area contributed by atoms with Gasteiger partial charge in [-0.05, 0) is 19.4 Å². The van der Waals surface area contributed by atoms with Gasteiger partial charge in [0.2, 0.25) is 0 Å². The Kier molecular flexibility index (Phi) is 2.92. The van der Waals surface area contributed by atoms with Crippen molar-refractivity contribution in [1.29, 1.82) is 0 Å². The predicted octanol–water partition coefficient (Wildman–Crippen LogP) is 2.07. The fourth-order valence-electron chi connectivity index (χ4n) is 2.66. The first-order valence-electron chi connectivity index (χ1n) is 6.49. The molecule has 1 saturated heterocycles. The maximum absolute atomic E-state index is 12.3. The third kappa shape index (κ3) is 2.41. The fraction of sp³-hybridized carbons (Fsp3) is 0.400. The molecule has 2 heterocycles. The Hall–Kier alpha value is -1.65. The molecule has 0 radical (unpaired) electrons. The highest BCUT2D eigenvalue weighted by Gasteiger charge is 2.32. The number of ketones is 1. The first-order chi connectivity index (χ1) is 9.05. The number of hydrogen-bond acceptors (Lipinski definition) is 4. The lowest BCUT2D eigenvalue weighted by Crippen LogP contribution is -2.33. The van der Waals surface area contributed by atoms with E-state index in [1.807, 2.05) is 36.1 Å². The van der Waals surface area contributed by atoms with E-state index in [0.29, 0.717) is 25.1 Å². The van der Waals surface area contributed by atoms with E-state index in [1.165, 1.54) is 6.26 Å². The molecule has 4 nitrogen and oxygen atoms in total. The van der Waals surface area contributed by atoms with Gasteiger partial charge in [-0.2, -0.15) is 0 Å². The number of rotatable bonds is 3. The van der Waals surface area contributed by atoms with Gasteiger partial charge in [0.05, 0.1) is 17.7 Å². The molecule has 1 aromatic carbocycles. The molecule has 1 unspecified atom stereocenters. The Morgan fingerprint density at radius 1 is 1.47 bits per heavy atom. The number of likely N-dealkylation sites (tertiary alicyclic amines) is 1. The van der Waals surface area contributed by atoms with Crippen molar-refractivity contribution in [1.82, 2.24) is 4.90 Å². The topological polar surface area (TPSA) is 53.7 Å². The second-order valence-electron chi connectivity index (χ2n) is 5.53. The Balaban J connectivity index is 1.78. The van der Waals surface area contributed by atoms with Crippen LogP contribution in [-0.4, -0.2) is 41.0 Å². The van der Waals surface area contributed by atoms with Gasteiger partial charge in [0.25, 0.3) is 0 Å². The van der Waals surface area contributed by atoms with Crippen LogP contribution in [-0.2, 0) is 0 Å². The minimum atomic E-state index is -0.668. The number of para-hydroxylation sites is 1. The summed E-state index contributed by atoms with van der Waals surface area (Å²) in [5.74, 6) is 0.0441. The lowest BCUT2D eigenvalue weighted by atomic mass is 10.1. The van der Waals surface area contributed by atoms with Crippen molar-refractivity contribution in [3.05, 3.63) is 36.1 Å². The monoisotopic (exact) mass is 259 g/mol. The van der Waals surface area contributed by atoms with Gasteiger partial charge in [-0.15, -0.1) is 0 Å². The largest absolute Gasteiger partial charge is 0.464 e. The summed E-state index contributed by atoms with van der Waals surface area (Å²) >= 11 is 0. The van der Waals surface area contributed by atoms with Crippen LogP contribution in [0.4, 0.5) is 0 Å². The van der Waals surface area contributed by atoms with E-state index in [-0.39, 0.29) is 5.78 Å². The summed E-state index contributed by atoms with van der Waals surface area (Å²) in [7, 11) is 0. The van der Waals surface area contributed by atoms with Crippen LogP contribution in [0, 0.1) is 0 Å². The van der Waals surface area contributed by atoms with Crippen LogP contribution < -0.4 is 0 Å². The molecule has 1 aromatic heterocycles. The van der Waals surface area contributed by atoms with Gasteiger partial charge >= 0.3 is 0 Å². The predicted molar refractivity (Wildman–Crippen MR) is 72.2 cm³/mol. The van der Waals surface area contributed by atoms with Gasteiger partial charge < -0.3 is 9.52 Å². The molecule has 1 atom stereocenters. The number of carbonyl (C=O) groups excluding carboxylic acids is 1. The Morgan fingerprint density at radius 3 is 3.00 bits per heavy atom. The minimum Gasteiger partial charge on any atom is -0.464 e. The molecular formula is C15H17NO3. The van der Waals surface area contributed by atoms with E-state index in [2.05, 4.69) is 0 Å². The van der Waals surface area contributed by atoms with E-state index >= 15 is 0 Å². The molecule has 0 spiro atoms. The van der Waals surface area contributed by atoms with Gasteiger partial charge in [-0.3, -0.25) is 9.69 Å². The van der Waals surface area contributed by atoms with E-state index in [4.69, 9.17) is 4.42 Å². The lowest BCUT2D eigenvalue weighted by molar-refractivity contribution is 0.0669. The highest BCUT2D eigenvalue weighted by Crippen LogP contribution is 2.23. The summed E-state index contributed by atoms with van der Waals surface area (Å²) in [6, 6.07) is 7.53. The van der Waals surface area contributed by atoms with Gasteiger partial charge in [-0.25, -0.2) is 0 Å². The number of nitrogens with zero attached hydrogens (tertiary/aromatic N) is 1. The van der Waals surface area contributed by atoms with Crippen LogP contribution >= 0.6 is 0 Å². The zero-order valence-corrected chi connectivity index (χ0v) is 10.9. The summed E-state index contributed by atoms with van der Waals surface area (Å²) in [4.78, 5) is 14.3. The molecule has 100 valence electrons. The highest BCUT2D eigenvalue weighted by atomic mass is 16.3. The van der Waals surface area contributed by atoms with Crippen LogP contribution in [0.5, 0.6) is 0 Å². The number of hydrogen-bond donors (Lipinski definition) is 1. The second-order valence-corrected chi connectivity index (χ2v) is 5.53. The van der Waals surface area contributed by atoms with Crippen molar-refractivity contribution in [3.8, 4) is 0 Å². The van der Waals surface area contributed by atoms with Crippen molar-refractivity contribution >= 4 is 16.8 Å². The van der Waals surface area contributed by atoms with E-state index in [0.717, 1.165) is 17.5 Å². The van der Waals surface area contributed by atoms with Crippen molar-refractivity contribution in [2.24, 2.45) is 0 Å². The Morgan fingerprint density at radius 2 is 2.26 bits per heavy atom. The average molecular weight is 259 g/mol. The van der Waals surface area contributed by atoms with Crippen molar-refractivity contribution < 1.29 is 14.3 Å². The molecule has 2 aromatic rings. The van der Waals surface area contributed by atoms with E-state index < -0.39 is 5.60 Å². The zero-order chi connectivity index (χ0) is 13.5. The average Bonchev–Trinajstić information content (AvgIpc) is 2.92. The quantitative estimate of drug-likeness (QED) is 0.857. The summed E-state index contributed by atoms with van der Waals surface area (Å²) in [5, 5.41) is 10.8. The molecule has 0 aliphatic carbocycles. The molecule has 1 aliphatic rings. The van der Waals surface area contributed by atoms with Gasteiger partial charge in [-0.1, -0.05) is 18.2 Å². The highest BCUT2D eigenvalue weighted by molar-refractivity contribution is 6.08. The van der Waals surface area contributed by atoms with Crippen molar-refractivity contribution in [2.75, 3.05) is 19.6 Å². The van der Waals surface area contributed by atoms with E-state index in [1.54, 1.807) is 0 Å². The molecule has 3 rings (SSSR count). The van der Waals surface area contributed by atoms with Crippen molar-refractivity contribution in [3.63, 3.8) is 0 Å². The third-order valence-corrected chi connectivity index (χ3v) is 3.68. The first kappa shape index (κ1) is 12.4. The molecule has 19 heavy (non-hydrogen) atoms. The van der Waals surface area contributed by atoms with Crippen LogP contribution in [0.25, 0.3) is 11.0 Å². The summed E-state index contributed by atoms with van der Waals surface area (Å²) in [6.07, 6.45) is 2.24. The third-order valence-electron chi connectivity index (χ3n) is 3.68. The standard InChI is InChI=1S/C15H17NO3/c1-15(18)6-7-16(10-15)8-13(17)12-9-19-14-5-3-2-4-11(12)14/h2-5,9,18H,6-8,10H2,1H3. The second kappa shape index (κ2) is 4.47. The number of β-amino-alcohol motifs (C(OH)–C–C–N with tert-alkyl or cyclic N) is 1. The fourth-order valence-corrected chi connectivity index (χ4v) is 2.66. The minimum absolute atomic E-state index is 0.0441. The van der Waals surface area contributed by atoms with Crippen molar-refractivity contribution in [2.45, 2.75) is 18.9 Å². The normalized spacial score (nSPS) is 24.1. The maximum atomic E-state index is 12.3.